The van der Waals surface area contributed by atoms with Crippen molar-refractivity contribution in [1.29, 1.82) is 0 Å². The molecular formula is C12H14ClN3O2S. The molecule has 0 saturated carbocycles. The van der Waals surface area contributed by atoms with Crippen molar-refractivity contribution in [3.05, 3.63) is 46.7 Å². The van der Waals surface area contributed by atoms with Gasteiger partial charge in [0.1, 0.15) is 4.90 Å². The molecule has 0 spiro atoms. The second-order valence-electron chi connectivity index (χ2n) is 4.30. The maximum Gasteiger partial charge on any atom is 0.244 e. The van der Waals surface area contributed by atoms with Gasteiger partial charge in [0.2, 0.25) is 10.0 Å². The van der Waals surface area contributed by atoms with Crippen LogP contribution >= 0.6 is 11.6 Å². The van der Waals surface area contributed by atoms with E-state index < -0.39 is 10.0 Å². The lowest BCUT2D eigenvalue weighted by Crippen LogP contribution is -2.26. The van der Waals surface area contributed by atoms with Crippen LogP contribution in [0.5, 0.6) is 0 Å². The molecule has 1 N–H and O–H groups in total. The lowest BCUT2D eigenvalue weighted by Gasteiger charge is -2.17. The number of hydrogen-bond acceptors (Lipinski definition) is 3. The fraction of sp³-hybridized carbons (Fsp3) is 0.250. The van der Waals surface area contributed by atoms with Gasteiger partial charge in [0.05, 0.1) is 11.2 Å². The molecule has 2 rings (SSSR count). The second kappa shape index (κ2) is 5.32. The van der Waals surface area contributed by atoms with E-state index in [1.807, 2.05) is 6.92 Å². The van der Waals surface area contributed by atoms with Crippen molar-refractivity contribution in [2.24, 2.45) is 0 Å². The van der Waals surface area contributed by atoms with Gasteiger partial charge in [-0.05, 0) is 24.6 Å². The molecule has 1 aromatic heterocycles. The number of sulfonamides is 1. The molecule has 1 heterocycles. The predicted molar refractivity (Wildman–Crippen MR) is 73.4 cm³/mol. The number of nitrogens with zero attached hydrogens (tertiary/aromatic N) is 2. The first-order chi connectivity index (χ1) is 8.91. The van der Waals surface area contributed by atoms with Gasteiger partial charge in [-0.3, -0.25) is 5.10 Å². The Hall–Kier alpha value is -1.37. The van der Waals surface area contributed by atoms with E-state index in [-0.39, 0.29) is 16.5 Å². The molecule has 0 atom stereocenters. The summed E-state index contributed by atoms with van der Waals surface area (Å²) in [6, 6.07) is 4.89. The molecule has 5 nitrogen and oxygen atoms in total. The Morgan fingerprint density at radius 3 is 2.74 bits per heavy atom. The Kier molecular flexibility index (Phi) is 3.93. The lowest BCUT2D eigenvalue weighted by atomic mass is 10.2. The first-order valence-corrected chi connectivity index (χ1v) is 7.43. The number of hydrogen-bond donors (Lipinski definition) is 1. The third-order valence-corrected chi connectivity index (χ3v) is 5.02. The Labute approximate surface area is 117 Å². The number of rotatable bonds is 4. The molecule has 0 fully saturated rings. The quantitative estimate of drug-likeness (QED) is 0.941. The van der Waals surface area contributed by atoms with Crippen LogP contribution in [0.4, 0.5) is 0 Å². The molecule has 2 aromatic rings. The van der Waals surface area contributed by atoms with Crippen LogP contribution in [0.15, 0.2) is 35.5 Å². The number of H-pyrrole nitrogens is 1. The molecule has 102 valence electrons. The molecule has 7 heteroatoms. The predicted octanol–water partition coefficient (Wildman–Crippen LogP) is 2.19. The van der Waals surface area contributed by atoms with Gasteiger partial charge >= 0.3 is 0 Å². The summed E-state index contributed by atoms with van der Waals surface area (Å²) in [6.07, 6.45) is 3.24. The Morgan fingerprint density at radius 2 is 2.16 bits per heavy atom. The molecule has 0 aliphatic rings. The fourth-order valence-corrected chi connectivity index (χ4v) is 3.42. The molecular weight excluding hydrogens is 286 g/mol. The van der Waals surface area contributed by atoms with E-state index in [0.717, 1.165) is 11.1 Å². The van der Waals surface area contributed by atoms with E-state index in [2.05, 4.69) is 10.2 Å². The Morgan fingerprint density at radius 1 is 1.42 bits per heavy atom. The van der Waals surface area contributed by atoms with Crippen molar-refractivity contribution in [3.8, 4) is 0 Å². The van der Waals surface area contributed by atoms with E-state index >= 15 is 0 Å². The van der Waals surface area contributed by atoms with Crippen molar-refractivity contribution >= 4 is 21.6 Å². The second-order valence-corrected chi connectivity index (χ2v) is 6.72. The average Bonchev–Trinajstić information content (AvgIpc) is 2.81. The summed E-state index contributed by atoms with van der Waals surface area (Å²) in [4.78, 5) is 0.116. The zero-order valence-electron chi connectivity index (χ0n) is 10.6. The SMILES string of the molecule is Cc1ccc(S(=O)(=O)N(C)Cc2cn[nH]c2)c(Cl)c1. The molecule has 19 heavy (non-hydrogen) atoms. The van der Waals surface area contributed by atoms with Crippen molar-refractivity contribution < 1.29 is 8.42 Å². The van der Waals surface area contributed by atoms with E-state index in [4.69, 9.17) is 11.6 Å². The number of benzene rings is 1. The van der Waals surface area contributed by atoms with Crippen LogP contribution in [-0.4, -0.2) is 30.0 Å². The standard InChI is InChI=1S/C12H14ClN3O2S/c1-9-3-4-12(11(13)5-9)19(17,18)16(2)8-10-6-14-15-7-10/h3-7H,8H2,1-2H3,(H,14,15). The normalized spacial score (nSPS) is 12.0. The molecule has 0 saturated heterocycles. The maximum atomic E-state index is 12.4. The van der Waals surface area contributed by atoms with Crippen molar-refractivity contribution in [2.75, 3.05) is 7.05 Å². The molecule has 0 aliphatic heterocycles. The number of aryl methyl sites for hydroxylation is 1. The zero-order valence-corrected chi connectivity index (χ0v) is 12.2. The monoisotopic (exact) mass is 299 g/mol. The van der Waals surface area contributed by atoms with Crippen molar-refractivity contribution in [3.63, 3.8) is 0 Å². The Balaban J connectivity index is 2.31. The summed E-state index contributed by atoms with van der Waals surface area (Å²) in [5, 5.41) is 6.67. The summed E-state index contributed by atoms with van der Waals surface area (Å²) in [5.41, 5.74) is 1.70. The minimum Gasteiger partial charge on any atom is -0.285 e. The topological polar surface area (TPSA) is 66.1 Å². The van der Waals surface area contributed by atoms with Crippen LogP contribution in [0.3, 0.4) is 0 Å². The van der Waals surface area contributed by atoms with Gasteiger partial charge in [0.15, 0.2) is 0 Å². The smallest absolute Gasteiger partial charge is 0.244 e. The largest absolute Gasteiger partial charge is 0.285 e. The maximum absolute atomic E-state index is 12.4. The van der Waals surface area contributed by atoms with Gasteiger partial charge in [-0.2, -0.15) is 9.40 Å². The summed E-state index contributed by atoms with van der Waals surface area (Å²) < 4.78 is 26.0. The van der Waals surface area contributed by atoms with Crippen LogP contribution < -0.4 is 0 Å². The van der Waals surface area contributed by atoms with Gasteiger partial charge in [0.25, 0.3) is 0 Å². The summed E-state index contributed by atoms with van der Waals surface area (Å²) >= 11 is 6.02. The van der Waals surface area contributed by atoms with Gasteiger partial charge in [-0.15, -0.1) is 0 Å². The van der Waals surface area contributed by atoms with Crippen molar-refractivity contribution in [1.82, 2.24) is 14.5 Å². The number of aromatic nitrogens is 2. The molecule has 0 unspecified atom stereocenters. The Bertz CT molecular complexity index is 668. The van der Waals surface area contributed by atoms with Crippen molar-refractivity contribution in [2.45, 2.75) is 18.4 Å². The van der Waals surface area contributed by atoms with Gasteiger partial charge < -0.3 is 0 Å². The minimum atomic E-state index is -3.60. The van der Waals surface area contributed by atoms with Gasteiger partial charge in [-0.1, -0.05) is 17.7 Å². The molecule has 0 radical (unpaired) electrons. The van der Waals surface area contributed by atoms with E-state index in [0.29, 0.717) is 0 Å². The van der Waals surface area contributed by atoms with E-state index in [1.165, 1.54) is 17.4 Å². The average molecular weight is 300 g/mol. The third kappa shape index (κ3) is 2.97. The summed E-state index contributed by atoms with van der Waals surface area (Å²) in [7, 11) is -2.09. The highest BCUT2D eigenvalue weighted by Gasteiger charge is 2.23. The lowest BCUT2D eigenvalue weighted by molar-refractivity contribution is 0.467. The molecule has 0 aliphatic carbocycles. The van der Waals surface area contributed by atoms with Crippen LogP contribution in [0, 0.1) is 6.92 Å². The van der Waals surface area contributed by atoms with Gasteiger partial charge in [-0.25, -0.2) is 8.42 Å². The van der Waals surface area contributed by atoms with Crippen LogP contribution in [0.1, 0.15) is 11.1 Å². The third-order valence-electron chi connectivity index (χ3n) is 2.74. The summed E-state index contributed by atoms with van der Waals surface area (Å²) in [6.45, 7) is 2.10. The van der Waals surface area contributed by atoms with E-state index in [1.54, 1.807) is 24.5 Å². The highest BCUT2D eigenvalue weighted by Crippen LogP contribution is 2.25. The first kappa shape index (κ1) is 14.0. The number of halogens is 1. The summed E-state index contributed by atoms with van der Waals surface area (Å²) in [5.74, 6) is 0. The van der Waals surface area contributed by atoms with E-state index in [9.17, 15) is 8.42 Å². The zero-order chi connectivity index (χ0) is 14.0. The molecule has 0 amide bonds. The molecule has 1 aromatic carbocycles. The molecule has 0 bridgehead atoms. The van der Waals surface area contributed by atoms with Crippen LogP contribution in [0.2, 0.25) is 5.02 Å². The highest BCUT2D eigenvalue weighted by molar-refractivity contribution is 7.89. The number of nitrogens with one attached hydrogen (secondary N) is 1. The van der Waals surface area contributed by atoms with Gasteiger partial charge in [0, 0.05) is 25.4 Å². The highest BCUT2D eigenvalue weighted by atomic mass is 35.5. The van der Waals surface area contributed by atoms with Crippen LogP contribution in [-0.2, 0) is 16.6 Å². The fourth-order valence-electron chi connectivity index (χ4n) is 1.69. The first-order valence-electron chi connectivity index (χ1n) is 5.61. The number of aromatic amines is 1. The van der Waals surface area contributed by atoms with Crippen LogP contribution in [0.25, 0.3) is 0 Å². The minimum absolute atomic E-state index is 0.116.